The van der Waals surface area contributed by atoms with Crippen molar-refractivity contribution in [2.24, 2.45) is 5.73 Å². The molecule has 1 rings (SSSR count). The van der Waals surface area contributed by atoms with E-state index >= 15 is 0 Å². The second-order valence-electron chi connectivity index (χ2n) is 4.24. The monoisotopic (exact) mass is 236 g/mol. The summed E-state index contributed by atoms with van der Waals surface area (Å²) >= 11 is 0. The summed E-state index contributed by atoms with van der Waals surface area (Å²) in [4.78, 5) is 11.8. The van der Waals surface area contributed by atoms with Crippen molar-refractivity contribution in [3.05, 3.63) is 23.8 Å². The number of nitrogens with two attached hydrogens (primary N) is 1. The van der Waals surface area contributed by atoms with Crippen LogP contribution < -0.4 is 11.1 Å². The van der Waals surface area contributed by atoms with Gasteiger partial charge in [0.15, 0.2) is 0 Å². The van der Waals surface area contributed by atoms with Crippen molar-refractivity contribution < 1.29 is 9.90 Å². The van der Waals surface area contributed by atoms with E-state index in [-0.39, 0.29) is 11.7 Å². The van der Waals surface area contributed by atoms with Crippen molar-refractivity contribution in [2.45, 2.75) is 39.2 Å². The number of rotatable bonds is 5. The smallest absolute Gasteiger partial charge is 0.241 e. The van der Waals surface area contributed by atoms with Gasteiger partial charge in [-0.05, 0) is 37.1 Å². The van der Waals surface area contributed by atoms with Crippen LogP contribution in [0.25, 0.3) is 0 Å². The van der Waals surface area contributed by atoms with Gasteiger partial charge in [0.25, 0.3) is 0 Å². The van der Waals surface area contributed by atoms with E-state index in [2.05, 4.69) is 12.2 Å². The molecule has 0 bridgehead atoms. The SMILES string of the molecule is CCCCC(N)C(=O)Nc1ccc(O)cc1C. The highest BCUT2D eigenvalue weighted by Gasteiger charge is 2.13. The number of anilines is 1. The Morgan fingerprint density at radius 2 is 2.24 bits per heavy atom. The molecule has 1 atom stereocenters. The fraction of sp³-hybridized carbons (Fsp3) is 0.462. The van der Waals surface area contributed by atoms with Gasteiger partial charge in [-0.15, -0.1) is 0 Å². The number of unbranched alkanes of at least 4 members (excludes halogenated alkanes) is 1. The maximum Gasteiger partial charge on any atom is 0.241 e. The summed E-state index contributed by atoms with van der Waals surface area (Å²) in [5.74, 6) is 0.0167. The van der Waals surface area contributed by atoms with Crippen molar-refractivity contribution in [2.75, 3.05) is 5.32 Å². The molecule has 1 aromatic carbocycles. The summed E-state index contributed by atoms with van der Waals surface area (Å²) in [5.41, 5.74) is 7.28. The van der Waals surface area contributed by atoms with E-state index in [0.29, 0.717) is 12.1 Å². The molecular formula is C13H20N2O2. The van der Waals surface area contributed by atoms with E-state index in [1.807, 2.05) is 6.92 Å². The van der Waals surface area contributed by atoms with Crippen molar-refractivity contribution in [3.63, 3.8) is 0 Å². The number of aromatic hydroxyl groups is 1. The summed E-state index contributed by atoms with van der Waals surface area (Å²) in [7, 11) is 0. The molecule has 0 spiro atoms. The average molecular weight is 236 g/mol. The Labute approximate surface area is 102 Å². The van der Waals surface area contributed by atoms with Crippen LogP contribution in [0.3, 0.4) is 0 Å². The zero-order chi connectivity index (χ0) is 12.8. The molecule has 1 amide bonds. The lowest BCUT2D eigenvalue weighted by molar-refractivity contribution is -0.117. The maximum atomic E-state index is 11.8. The Kier molecular flexibility index (Phi) is 4.97. The third-order valence-electron chi connectivity index (χ3n) is 2.67. The van der Waals surface area contributed by atoms with Crippen LogP contribution in [0.5, 0.6) is 5.75 Å². The molecule has 0 heterocycles. The van der Waals surface area contributed by atoms with Crippen LogP contribution in [0.4, 0.5) is 5.69 Å². The van der Waals surface area contributed by atoms with Gasteiger partial charge in [0.1, 0.15) is 5.75 Å². The molecule has 0 saturated carbocycles. The molecule has 0 aliphatic carbocycles. The third-order valence-corrected chi connectivity index (χ3v) is 2.67. The highest BCUT2D eigenvalue weighted by Crippen LogP contribution is 2.20. The van der Waals surface area contributed by atoms with Gasteiger partial charge >= 0.3 is 0 Å². The van der Waals surface area contributed by atoms with Crippen molar-refractivity contribution in [1.82, 2.24) is 0 Å². The molecule has 4 N–H and O–H groups in total. The van der Waals surface area contributed by atoms with E-state index < -0.39 is 6.04 Å². The van der Waals surface area contributed by atoms with Crippen LogP contribution in [-0.4, -0.2) is 17.1 Å². The minimum atomic E-state index is -0.469. The number of carbonyl (C=O) groups excluding carboxylic acids is 1. The van der Waals surface area contributed by atoms with Gasteiger partial charge in [-0.25, -0.2) is 0 Å². The van der Waals surface area contributed by atoms with Gasteiger partial charge < -0.3 is 16.2 Å². The number of aryl methyl sites for hydroxylation is 1. The van der Waals surface area contributed by atoms with Crippen LogP contribution in [0.2, 0.25) is 0 Å². The van der Waals surface area contributed by atoms with Crippen LogP contribution in [-0.2, 0) is 4.79 Å². The van der Waals surface area contributed by atoms with Gasteiger partial charge in [0.05, 0.1) is 6.04 Å². The van der Waals surface area contributed by atoms with E-state index in [1.54, 1.807) is 18.2 Å². The molecule has 94 valence electrons. The molecule has 1 unspecified atom stereocenters. The Balaban J connectivity index is 2.61. The zero-order valence-electron chi connectivity index (χ0n) is 10.4. The predicted octanol–water partition coefficient (Wildman–Crippen LogP) is 2.16. The molecule has 0 aliphatic rings. The average Bonchev–Trinajstić information content (AvgIpc) is 2.29. The molecule has 4 heteroatoms. The van der Waals surface area contributed by atoms with Gasteiger partial charge in [-0.2, -0.15) is 0 Å². The Hall–Kier alpha value is -1.55. The van der Waals surface area contributed by atoms with Crippen LogP contribution in [0, 0.1) is 6.92 Å². The standard InChI is InChI=1S/C13H20N2O2/c1-3-4-5-11(14)13(17)15-12-7-6-10(16)8-9(12)2/h6-8,11,16H,3-5,14H2,1-2H3,(H,15,17). The zero-order valence-corrected chi connectivity index (χ0v) is 10.4. The first kappa shape index (κ1) is 13.5. The van der Waals surface area contributed by atoms with E-state index in [0.717, 1.165) is 18.4 Å². The molecule has 0 radical (unpaired) electrons. The molecule has 1 aromatic rings. The number of phenolic OH excluding ortho intramolecular Hbond substituents is 1. The lowest BCUT2D eigenvalue weighted by Crippen LogP contribution is -2.35. The van der Waals surface area contributed by atoms with Crippen LogP contribution in [0.15, 0.2) is 18.2 Å². The first-order valence-corrected chi connectivity index (χ1v) is 5.90. The predicted molar refractivity (Wildman–Crippen MR) is 69.0 cm³/mol. The van der Waals surface area contributed by atoms with Crippen LogP contribution in [0.1, 0.15) is 31.7 Å². The molecule has 17 heavy (non-hydrogen) atoms. The highest BCUT2D eigenvalue weighted by atomic mass is 16.3. The Morgan fingerprint density at radius 3 is 2.82 bits per heavy atom. The summed E-state index contributed by atoms with van der Waals surface area (Å²) < 4.78 is 0. The van der Waals surface area contributed by atoms with E-state index in [9.17, 15) is 9.90 Å². The normalized spacial score (nSPS) is 12.2. The van der Waals surface area contributed by atoms with Gasteiger partial charge in [0, 0.05) is 5.69 Å². The number of carbonyl (C=O) groups is 1. The molecule has 0 saturated heterocycles. The minimum Gasteiger partial charge on any atom is -0.508 e. The molecular weight excluding hydrogens is 216 g/mol. The summed E-state index contributed by atoms with van der Waals surface area (Å²) in [5, 5.41) is 12.0. The minimum absolute atomic E-state index is 0.174. The lowest BCUT2D eigenvalue weighted by atomic mass is 10.1. The number of nitrogens with one attached hydrogen (secondary N) is 1. The maximum absolute atomic E-state index is 11.8. The lowest BCUT2D eigenvalue weighted by Gasteiger charge is -2.13. The van der Waals surface area contributed by atoms with Gasteiger partial charge in [0.2, 0.25) is 5.91 Å². The van der Waals surface area contributed by atoms with E-state index in [4.69, 9.17) is 5.73 Å². The molecule has 0 fully saturated rings. The first-order chi connectivity index (χ1) is 8.04. The number of phenols is 1. The molecule has 0 aromatic heterocycles. The van der Waals surface area contributed by atoms with Crippen molar-refractivity contribution in [1.29, 1.82) is 0 Å². The molecule has 4 nitrogen and oxygen atoms in total. The topological polar surface area (TPSA) is 75.4 Å². The van der Waals surface area contributed by atoms with Crippen molar-refractivity contribution >= 4 is 11.6 Å². The molecule has 0 aliphatic heterocycles. The van der Waals surface area contributed by atoms with Gasteiger partial charge in [-0.3, -0.25) is 4.79 Å². The van der Waals surface area contributed by atoms with Gasteiger partial charge in [-0.1, -0.05) is 19.8 Å². The number of benzene rings is 1. The van der Waals surface area contributed by atoms with Crippen molar-refractivity contribution in [3.8, 4) is 5.75 Å². The summed E-state index contributed by atoms with van der Waals surface area (Å²) in [6, 6.07) is 4.35. The summed E-state index contributed by atoms with van der Waals surface area (Å²) in [6.45, 7) is 3.89. The van der Waals surface area contributed by atoms with Crippen LogP contribution >= 0.6 is 0 Å². The second-order valence-corrected chi connectivity index (χ2v) is 4.24. The second kappa shape index (κ2) is 6.25. The largest absolute Gasteiger partial charge is 0.508 e. The van der Waals surface area contributed by atoms with E-state index in [1.165, 1.54) is 0 Å². The highest BCUT2D eigenvalue weighted by molar-refractivity contribution is 5.95. The third kappa shape index (κ3) is 4.07. The number of amides is 1. The Morgan fingerprint density at radius 1 is 1.53 bits per heavy atom. The quantitative estimate of drug-likeness (QED) is 0.686. The first-order valence-electron chi connectivity index (χ1n) is 5.90. The number of hydrogen-bond donors (Lipinski definition) is 3. The fourth-order valence-corrected chi connectivity index (χ4v) is 1.57. The fourth-order valence-electron chi connectivity index (χ4n) is 1.57. The number of hydrogen-bond acceptors (Lipinski definition) is 3. The Bertz CT molecular complexity index is 391. The summed E-state index contributed by atoms with van der Waals surface area (Å²) in [6.07, 6.45) is 2.67.